The second kappa shape index (κ2) is 8.78. The Morgan fingerprint density at radius 3 is 2.73 bits per heavy atom. The van der Waals surface area contributed by atoms with Crippen LogP contribution < -0.4 is 0 Å². The minimum absolute atomic E-state index is 0.319. The molecule has 1 aliphatic heterocycles. The molecule has 26 heavy (non-hydrogen) atoms. The fourth-order valence-corrected chi connectivity index (χ4v) is 4.20. The molecule has 5 nitrogen and oxygen atoms in total. The second-order valence-corrected chi connectivity index (χ2v) is 7.68. The fraction of sp³-hybridized carbons (Fsp3) is 0.619. The van der Waals surface area contributed by atoms with Gasteiger partial charge in [0.05, 0.1) is 24.0 Å². The van der Waals surface area contributed by atoms with Crippen LogP contribution in [0.4, 0.5) is 0 Å². The average Bonchev–Trinajstić information content (AvgIpc) is 3.35. The predicted molar refractivity (Wildman–Crippen MR) is 99.7 cm³/mol. The normalized spacial score (nSPS) is 21.5. The van der Waals surface area contributed by atoms with Gasteiger partial charge in [0.25, 0.3) is 0 Å². The molecule has 0 spiro atoms. The molecule has 0 radical (unpaired) electrons. The summed E-state index contributed by atoms with van der Waals surface area (Å²) in [4.78, 5) is 6.86. The Balaban J connectivity index is 1.42. The van der Waals surface area contributed by atoms with Gasteiger partial charge in [0.15, 0.2) is 5.76 Å². The van der Waals surface area contributed by atoms with Crippen LogP contribution in [0.3, 0.4) is 0 Å². The molecular weight excluding hydrogens is 326 g/mol. The summed E-state index contributed by atoms with van der Waals surface area (Å²) in [5.41, 5.74) is 2.23. The molecule has 1 unspecified atom stereocenters. The van der Waals surface area contributed by atoms with Crippen molar-refractivity contribution in [3.8, 4) is 0 Å². The summed E-state index contributed by atoms with van der Waals surface area (Å²) in [7, 11) is 0. The van der Waals surface area contributed by atoms with Crippen molar-refractivity contribution < 1.29 is 9.26 Å². The maximum Gasteiger partial charge on any atom is 0.150 e. The number of aromatic nitrogens is 2. The largest absolute Gasteiger partial charge is 0.377 e. The first-order valence-corrected chi connectivity index (χ1v) is 10.1. The smallest absolute Gasteiger partial charge is 0.150 e. The van der Waals surface area contributed by atoms with E-state index < -0.39 is 0 Å². The minimum atomic E-state index is 0.319. The molecule has 0 bridgehead atoms. The second-order valence-electron chi connectivity index (χ2n) is 7.68. The van der Waals surface area contributed by atoms with Gasteiger partial charge in [-0.05, 0) is 37.8 Å². The molecule has 1 aliphatic carbocycles. The molecule has 1 saturated heterocycles. The highest BCUT2D eigenvalue weighted by Crippen LogP contribution is 2.32. The minimum Gasteiger partial charge on any atom is -0.377 e. The summed E-state index contributed by atoms with van der Waals surface area (Å²) >= 11 is 0. The zero-order valence-electron chi connectivity index (χ0n) is 15.5. The molecule has 1 atom stereocenters. The van der Waals surface area contributed by atoms with Gasteiger partial charge < -0.3 is 9.26 Å². The first-order valence-electron chi connectivity index (χ1n) is 10.1. The van der Waals surface area contributed by atoms with E-state index in [0.29, 0.717) is 12.0 Å². The maximum absolute atomic E-state index is 5.85. The molecule has 0 N–H and O–H groups in total. The molecular formula is C21H29N3O2. The third kappa shape index (κ3) is 4.71. The van der Waals surface area contributed by atoms with E-state index >= 15 is 0 Å². The monoisotopic (exact) mass is 355 g/mol. The van der Waals surface area contributed by atoms with Gasteiger partial charge in [0.1, 0.15) is 0 Å². The lowest BCUT2D eigenvalue weighted by Gasteiger charge is -2.23. The van der Waals surface area contributed by atoms with Gasteiger partial charge >= 0.3 is 0 Å². The molecule has 3 heterocycles. The van der Waals surface area contributed by atoms with Crippen LogP contribution in [0.5, 0.6) is 0 Å². The van der Waals surface area contributed by atoms with Crippen molar-refractivity contribution in [2.45, 2.75) is 70.1 Å². The van der Waals surface area contributed by atoms with E-state index in [-0.39, 0.29) is 0 Å². The Bertz CT molecular complexity index is 661. The molecule has 2 aromatic heterocycles. The van der Waals surface area contributed by atoms with E-state index in [0.717, 1.165) is 56.2 Å². The lowest BCUT2D eigenvalue weighted by atomic mass is 9.87. The molecule has 5 heteroatoms. The van der Waals surface area contributed by atoms with Crippen molar-refractivity contribution in [2.24, 2.45) is 0 Å². The summed E-state index contributed by atoms with van der Waals surface area (Å²) in [6.07, 6.45) is 11.0. The SMILES string of the molecule is c1ccc(CN(Cc2cc(C3CCCCC3)no2)CC2CCCO2)nc1. The molecule has 2 aliphatic rings. The van der Waals surface area contributed by atoms with Crippen LogP contribution in [0.1, 0.15) is 68.0 Å². The Kier molecular flexibility index (Phi) is 5.97. The van der Waals surface area contributed by atoms with E-state index in [1.165, 1.54) is 32.1 Å². The van der Waals surface area contributed by atoms with E-state index in [1.54, 1.807) is 0 Å². The van der Waals surface area contributed by atoms with E-state index in [1.807, 2.05) is 18.3 Å². The van der Waals surface area contributed by atoms with E-state index in [2.05, 4.69) is 27.2 Å². The molecule has 0 aromatic carbocycles. The number of ether oxygens (including phenoxy) is 1. The lowest BCUT2D eigenvalue weighted by molar-refractivity contribution is 0.0642. The molecule has 2 fully saturated rings. The highest BCUT2D eigenvalue weighted by atomic mass is 16.5. The maximum atomic E-state index is 5.85. The number of hydrogen-bond donors (Lipinski definition) is 0. The standard InChI is InChI=1S/C21H29N3O2/c1-2-7-17(8-3-1)21-13-20(26-23-21)16-24(15-19-10-6-12-25-19)14-18-9-4-5-11-22-18/h4-5,9,11,13,17,19H,1-3,6-8,10,12,14-16H2. The van der Waals surface area contributed by atoms with Crippen LogP contribution >= 0.6 is 0 Å². The van der Waals surface area contributed by atoms with Gasteiger partial charge in [0, 0.05) is 37.9 Å². The molecule has 4 rings (SSSR count). The number of rotatable bonds is 7. The summed E-state index contributed by atoms with van der Waals surface area (Å²) in [6.45, 7) is 3.36. The Labute approximate surface area is 155 Å². The molecule has 2 aromatic rings. The van der Waals surface area contributed by atoms with Crippen LogP contribution in [0.25, 0.3) is 0 Å². The average molecular weight is 355 g/mol. The fourth-order valence-electron chi connectivity index (χ4n) is 4.20. The Hall–Kier alpha value is -1.72. The predicted octanol–water partition coefficient (Wildman–Crippen LogP) is 4.30. The van der Waals surface area contributed by atoms with Crippen molar-refractivity contribution in [2.75, 3.05) is 13.2 Å². The van der Waals surface area contributed by atoms with Crippen LogP contribution in [0.2, 0.25) is 0 Å². The third-order valence-electron chi connectivity index (χ3n) is 5.58. The summed E-state index contributed by atoms with van der Waals surface area (Å²) in [5, 5.41) is 4.38. The molecule has 0 amide bonds. The van der Waals surface area contributed by atoms with Crippen LogP contribution in [-0.2, 0) is 17.8 Å². The van der Waals surface area contributed by atoms with Crippen molar-refractivity contribution in [1.29, 1.82) is 0 Å². The highest BCUT2D eigenvalue weighted by molar-refractivity contribution is 5.12. The van der Waals surface area contributed by atoms with Crippen molar-refractivity contribution >= 4 is 0 Å². The van der Waals surface area contributed by atoms with Crippen LogP contribution in [-0.4, -0.2) is 34.3 Å². The Morgan fingerprint density at radius 1 is 1.04 bits per heavy atom. The van der Waals surface area contributed by atoms with Gasteiger partial charge in [-0.15, -0.1) is 0 Å². The van der Waals surface area contributed by atoms with Gasteiger partial charge in [-0.25, -0.2) is 0 Å². The van der Waals surface area contributed by atoms with Crippen LogP contribution in [0, 0.1) is 0 Å². The van der Waals surface area contributed by atoms with Gasteiger partial charge in [-0.1, -0.05) is 30.5 Å². The summed E-state index contributed by atoms with van der Waals surface area (Å²) in [6, 6.07) is 8.26. The van der Waals surface area contributed by atoms with Crippen molar-refractivity contribution in [1.82, 2.24) is 15.0 Å². The molecule has 1 saturated carbocycles. The quantitative estimate of drug-likeness (QED) is 0.741. The molecule has 140 valence electrons. The first kappa shape index (κ1) is 17.7. The van der Waals surface area contributed by atoms with Gasteiger partial charge in [0.2, 0.25) is 0 Å². The number of nitrogens with zero attached hydrogens (tertiary/aromatic N) is 3. The zero-order chi connectivity index (χ0) is 17.6. The first-order chi connectivity index (χ1) is 12.9. The Morgan fingerprint density at radius 2 is 1.96 bits per heavy atom. The highest BCUT2D eigenvalue weighted by Gasteiger charge is 2.23. The number of pyridine rings is 1. The van der Waals surface area contributed by atoms with Gasteiger partial charge in [-0.3, -0.25) is 9.88 Å². The van der Waals surface area contributed by atoms with Crippen LogP contribution in [0.15, 0.2) is 35.0 Å². The van der Waals surface area contributed by atoms with Crippen molar-refractivity contribution in [3.05, 3.63) is 47.6 Å². The topological polar surface area (TPSA) is 51.4 Å². The summed E-state index contributed by atoms with van der Waals surface area (Å²) < 4.78 is 11.5. The zero-order valence-corrected chi connectivity index (χ0v) is 15.5. The van der Waals surface area contributed by atoms with E-state index in [4.69, 9.17) is 9.26 Å². The third-order valence-corrected chi connectivity index (χ3v) is 5.58. The van der Waals surface area contributed by atoms with E-state index in [9.17, 15) is 0 Å². The summed E-state index contributed by atoms with van der Waals surface area (Å²) in [5.74, 6) is 1.54. The number of hydrogen-bond acceptors (Lipinski definition) is 5. The lowest BCUT2D eigenvalue weighted by Crippen LogP contribution is -2.31. The van der Waals surface area contributed by atoms with Gasteiger partial charge in [-0.2, -0.15) is 0 Å². The van der Waals surface area contributed by atoms with Crippen molar-refractivity contribution in [3.63, 3.8) is 0 Å².